The van der Waals surface area contributed by atoms with E-state index in [9.17, 15) is 0 Å². The van der Waals surface area contributed by atoms with E-state index in [-0.39, 0.29) is 6.04 Å². The zero-order valence-electron chi connectivity index (χ0n) is 11.3. The second kappa shape index (κ2) is 6.22. The number of nitrogens with zero attached hydrogens (tertiary/aromatic N) is 1. The van der Waals surface area contributed by atoms with Crippen molar-refractivity contribution in [3.8, 4) is 0 Å². The van der Waals surface area contributed by atoms with Crippen molar-refractivity contribution in [2.45, 2.75) is 19.5 Å². The van der Waals surface area contributed by atoms with E-state index in [1.54, 1.807) is 0 Å². The van der Waals surface area contributed by atoms with Crippen LogP contribution in [0.3, 0.4) is 0 Å². The SMILES string of the molecule is C[C@@H](N)c1ccc(N(C)Cc2ccccc2)c(Br)c1. The maximum atomic E-state index is 5.90. The van der Waals surface area contributed by atoms with Gasteiger partial charge in [0.15, 0.2) is 0 Å². The summed E-state index contributed by atoms with van der Waals surface area (Å²) in [6.07, 6.45) is 0. The molecule has 0 radical (unpaired) electrons. The van der Waals surface area contributed by atoms with Crippen molar-refractivity contribution >= 4 is 21.6 Å². The number of hydrogen-bond acceptors (Lipinski definition) is 2. The fourth-order valence-electron chi connectivity index (χ4n) is 2.06. The zero-order chi connectivity index (χ0) is 13.8. The van der Waals surface area contributed by atoms with Gasteiger partial charge in [0.1, 0.15) is 0 Å². The van der Waals surface area contributed by atoms with Gasteiger partial charge in [-0.3, -0.25) is 0 Å². The van der Waals surface area contributed by atoms with E-state index in [1.807, 2.05) is 13.0 Å². The fourth-order valence-corrected chi connectivity index (χ4v) is 2.76. The van der Waals surface area contributed by atoms with E-state index in [4.69, 9.17) is 5.73 Å². The van der Waals surface area contributed by atoms with Gasteiger partial charge in [0.2, 0.25) is 0 Å². The van der Waals surface area contributed by atoms with Crippen LogP contribution in [0.25, 0.3) is 0 Å². The Hall–Kier alpha value is -1.32. The van der Waals surface area contributed by atoms with Gasteiger partial charge in [-0.25, -0.2) is 0 Å². The van der Waals surface area contributed by atoms with Crippen LogP contribution in [0.4, 0.5) is 5.69 Å². The summed E-state index contributed by atoms with van der Waals surface area (Å²) in [5.74, 6) is 0. The summed E-state index contributed by atoms with van der Waals surface area (Å²) in [6.45, 7) is 2.88. The molecule has 0 aliphatic carbocycles. The molecule has 1 atom stereocenters. The lowest BCUT2D eigenvalue weighted by atomic mass is 10.1. The third-order valence-electron chi connectivity index (χ3n) is 3.17. The summed E-state index contributed by atoms with van der Waals surface area (Å²) in [5, 5.41) is 0. The van der Waals surface area contributed by atoms with Gasteiger partial charge in [0.25, 0.3) is 0 Å². The lowest BCUT2D eigenvalue weighted by Crippen LogP contribution is -2.17. The number of rotatable bonds is 4. The van der Waals surface area contributed by atoms with Crippen molar-refractivity contribution in [1.29, 1.82) is 0 Å². The highest BCUT2D eigenvalue weighted by Crippen LogP contribution is 2.29. The quantitative estimate of drug-likeness (QED) is 0.919. The number of halogens is 1. The average Bonchev–Trinajstić information content (AvgIpc) is 2.39. The molecule has 0 bridgehead atoms. The lowest BCUT2D eigenvalue weighted by Gasteiger charge is -2.22. The first-order valence-corrected chi connectivity index (χ1v) is 7.17. The molecule has 0 aliphatic rings. The molecule has 0 saturated heterocycles. The third-order valence-corrected chi connectivity index (χ3v) is 3.81. The second-order valence-electron chi connectivity index (χ2n) is 4.84. The number of hydrogen-bond donors (Lipinski definition) is 1. The molecular weight excluding hydrogens is 300 g/mol. The predicted molar refractivity (Wildman–Crippen MR) is 85.3 cm³/mol. The highest BCUT2D eigenvalue weighted by molar-refractivity contribution is 9.10. The van der Waals surface area contributed by atoms with Crippen molar-refractivity contribution < 1.29 is 0 Å². The van der Waals surface area contributed by atoms with Gasteiger partial charge in [-0.1, -0.05) is 36.4 Å². The van der Waals surface area contributed by atoms with Crippen molar-refractivity contribution in [2.75, 3.05) is 11.9 Å². The lowest BCUT2D eigenvalue weighted by molar-refractivity contribution is 0.816. The van der Waals surface area contributed by atoms with Crippen LogP contribution in [-0.4, -0.2) is 7.05 Å². The molecule has 2 aromatic carbocycles. The number of benzene rings is 2. The van der Waals surface area contributed by atoms with Crippen LogP contribution in [0.1, 0.15) is 24.1 Å². The zero-order valence-corrected chi connectivity index (χ0v) is 12.9. The molecule has 0 saturated carbocycles. The van der Waals surface area contributed by atoms with Crippen molar-refractivity contribution in [2.24, 2.45) is 5.73 Å². The summed E-state index contributed by atoms with van der Waals surface area (Å²) in [6, 6.07) is 16.8. The first kappa shape index (κ1) is 14.1. The Morgan fingerprint density at radius 2 is 1.84 bits per heavy atom. The largest absolute Gasteiger partial charge is 0.369 e. The summed E-state index contributed by atoms with van der Waals surface area (Å²) in [7, 11) is 2.10. The molecular formula is C16H19BrN2. The number of nitrogens with two attached hydrogens (primary N) is 1. The standard InChI is InChI=1S/C16H19BrN2/c1-12(18)14-8-9-16(15(17)10-14)19(2)11-13-6-4-3-5-7-13/h3-10,12H,11,18H2,1-2H3/t12-/m1/s1. The summed E-state index contributed by atoms with van der Waals surface area (Å²) < 4.78 is 1.08. The molecule has 100 valence electrons. The van der Waals surface area contributed by atoms with Crippen LogP contribution in [0.2, 0.25) is 0 Å². The normalized spacial score (nSPS) is 12.2. The molecule has 0 aromatic heterocycles. The van der Waals surface area contributed by atoms with E-state index in [2.05, 4.69) is 70.3 Å². The summed E-state index contributed by atoms with van der Waals surface area (Å²) >= 11 is 3.63. The maximum absolute atomic E-state index is 5.90. The van der Waals surface area contributed by atoms with Crippen LogP contribution in [0.5, 0.6) is 0 Å². The van der Waals surface area contributed by atoms with E-state index < -0.39 is 0 Å². The van der Waals surface area contributed by atoms with E-state index in [1.165, 1.54) is 11.3 Å². The Labute approximate surface area is 123 Å². The van der Waals surface area contributed by atoms with Gasteiger partial charge in [0.05, 0.1) is 5.69 Å². The molecule has 19 heavy (non-hydrogen) atoms. The first-order valence-electron chi connectivity index (χ1n) is 6.38. The van der Waals surface area contributed by atoms with Crippen LogP contribution >= 0.6 is 15.9 Å². The molecule has 0 unspecified atom stereocenters. The van der Waals surface area contributed by atoms with Crippen LogP contribution in [-0.2, 0) is 6.54 Å². The van der Waals surface area contributed by atoms with Crippen LogP contribution < -0.4 is 10.6 Å². The molecule has 2 nitrogen and oxygen atoms in total. The van der Waals surface area contributed by atoms with Crippen LogP contribution in [0.15, 0.2) is 53.0 Å². The topological polar surface area (TPSA) is 29.3 Å². The van der Waals surface area contributed by atoms with E-state index >= 15 is 0 Å². The Kier molecular flexibility index (Phi) is 4.61. The minimum atomic E-state index is 0.0600. The molecule has 0 fully saturated rings. The monoisotopic (exact) mass is 318 g/mol. The number of anilines is 1. The third kappa shape index (κ3) is 3.58. The Bertz CT molecular complexity index is 538. The van der Waals surface area contributed by atoms with Crippen molar-refractivity contribution in [3.05, 3.63) is 64.1 Å². The molecule has 0 amide bonds. The van der Waals surface area contributed by atoms with Gasteiger partial charge in [-0.15, -0.1) is 0 Å². The Morgan fingerprint density at radius 3 is 2.42 bits per heavy atom. The minimum absolute atomic E-state index is 0.0600. The first-order chi connectivity index (χ1) is 9.08. The highest BCUT2D eigenvalue weighted by atomic mass is 79.9. The van der Waals surface area contributed by atoms with Gasteiger partial charge in [-0.05, 0) is 46.1 Å². The smallest absolute Gasteiger partial charge is 0.0511 e. The van der Waals surface area contributed by atoms with E-state index in [0.717, 1.165) is 16.6 Å². The van der Waals surface area contributed by atoms with Gasteiger partial charge in [0, 0.05) is 24.1 Å². The molecule has 0 spiro atoms. The van der Waals surface area contributed by atoms with Gasteiger partial charge >= 0.3 is 0 Å². The average molecular weight is 319 g/mol. The molecule has 2 N–H and O–H groups in total. The van der Waals surface area contributed by atoms with Crippen LogP contribution in [0, 0.1) is 0 Å². The second-order valence-corrected chi connectivity index (χ2v) is 5.70. The summed E-state index contributed by atoms with van der Waals surface area (Å²) in [5.41, 5.74) is 9.51. The molecule has 3 heteroatoms. The predicted octanol–water partition coefficient (Wildman–Crippen LogP) is 4.11. The van der Waals surface area contributed by atoms with E-state index in [0.29, 0.717) is 0 Å². The Balaban J connectivity index is 2.17. The van der Waals surface area contributed by atoms with Crippen molar-refractivity contribution in [3.63, 3.8) is 0 Å². The highest BCUT2D eigenvalue weighted by Gasteiger charge is 2.08. The molecule has 0 heterocycles. The summed E-state index contributed by atoms with van der Waals surface area (Å²) in [4.78, 5) is 2.23. The Morgan fingerprint density at radius 1 is 1.16 bits per heavy atom. The fraction of sp³-hybridized carbons (Fsp3) is 0.250. The molecule has 2 rings (SSSR count). The van der Waals surface area contributed by atoms with Gasteiger partial charge in [-0.2, -0.15) is 0 Å². The molecule has 0 aliphatic heterocycles. The van der Waals surface area contributed by atoms with Crippen molar-refractivity contribution in [1.82, 2.24) is 0 Å². The van der Waals surface area contributed by atoms with Gasteiger partial charge < -0.3 is 10.6 Å². The minimum Gasteiger partial charge on any atom is -0.369 e. The maximum Gasteiger partial charge on any atom is 0.0511 e. The molecule has 2 aromatic rings.